The molecule has 0 unspecified atom stereocenters. The van der Waals surface area contributed by atoms with Crippen molar-refractivity contribution < 1.29 is 4.74 Å². The van der Waals surface area contributed by atoms with Crippen molar-refractivity contribution in [2.45, 2.75) is 26.8 Å². The zero-order valence-corrected chi connectivity index (χ0v) is 11.3. The number of hydrogen-bond acceptors (Lipinski definition) is 3. The first-order valence-corrected chi connectivity index (χ1v) is 6.33. The summed E-state index contributed by atoms with van der Waals surface area (Å²) in [6.45, 7) is 5.55. The van der Waals surface area contributed by atoms with E-state index in [0.29, 0.717) is 12.2 Å². The molecule has 0 bridgehead atoms. The molecule has 1 aromatic heterocycles. The zero-order chi connectivity index (χ0) is 13.7. The highest BCUT2D eigenvalue weighted by molar-refractivity contribution is 5.34. The number of aryl methyl sites for hydroxylation is 3. The first-order chi connectivity index (χ1) is 9.19. The van der Waals surface area contributed by atoms with Crippen LogP contribution in [0.15, 0.2) is 30.3 Å². The summed E-state index contributed by atoms with van der Waals surface area (Å²) < 4.78 is 7.62. The topological polar surface area (TPSA) is 50.8 Å². The van der Waals surface area contributed by atoms with Crippen LogP contribution >= 0.6 is 0 Å². The molecule has 0 saturated heterocycles. The van der Waals surface area contributed by atoms with E-state index in [1.54, 1.807) is 12.1 Å². The SMILES string of the molecule is Cc1cc(C)n(CCCOc2ccc(C#N)cc2)n1. The van der Waals surface area contributed by atoms with E-state index in [1.807, 2.05) is 23.7 Å². The molecule has 19 heavy (non-hydrogen) atoms. The summed E-state index contributed by atoms with van der Waals surface area (Å²) in [5.41, 5.74) is 2.87. The maximum atomic E-state index is 8.70. The second-order valence-corrected chi connectivity index (χ2v) is 4.49. The molecular formula is C15H17N3O. The second-order valence-electron chi connectivity index (χ2n) is 4.49. The minimum atomic E-state index is 0.643. The molecule has 2 aromatic rings. The first kappa shape index (κ1) is 13.2. The molecule has 2 rings (SSSR count). The Morgan fingerprint density at radius 2 is 2.00 bits per heavy atom. The van der Waals surface area contributed by atoms with Crippen LogP contribution in [0.3, 0.4) is 0 Å². The molecule has 98 valence electrons. The Morgan fingerprint density at radius 1 is 1.26 bits per heavy atom. The van der Waals surface area contributed by atoms with E-state index in [2.05, 4.69) is 24.2 Å². The monoisotopic (exact) mass is 255 g/mol. The van der Waals surface area contributed by atoms with Crippen molar-refractivity contribution in [1.82, 2.24) is 9.78 Å². The van der Waals surface area contributed by atoms with E-state index < -0.39 is 0 Å². The van der Waals surface area contributed by atoms with Gasteiger partial charge in [-0.15, -0.1) is 0 Å². The van der Waals surface area contributed by atoms with Gasteiger partial charge < -0.3 is 4.74 Å². The van der Waals surface area contributed by atoms with Gasteiger partial charge >= 0.3 is 0 Å². The average Bonchev–Trinajstić information content (AvgIpc) is 2.74. The fourth-order valence-corrected chi connectivity index (χ4v) is 1.93. The standard InChI is InChI=1S/C15H17N3O/c1-12-10-13(2)18(17-12)8-3-9-19-15-6-4-14(11-16)5-7-15/h4-7,10H,3,8-9H2,1-2H3. The van der Waals surface area contributed by atoms with Gasteiger partial charge in [-0.3, -0.25) is 4.68 Å². The molecule has 4 heteroatoms. The van der Waals surface area contributed by atoms with Crippen LogP contribution in [0, 0.1) is 25.2 Å². The molecule has 0 saturated carbocycles. The molecule has 0 radical (unpaired) electrons. The number of benzene rings is 1. The van der Waals surface area contributed by atoms with Gasteiger partial charge in [0.05, 0.1) is 23.9 Å². The molecule has 0 atom stereocenters. The van der Waals surface area contributed by atoms with Crippen LogP contribution in [-0.2, 0) is 6.54 Å². The fourth-order valence-electron chi connectivity index (χ4n) is 1.93. The van der Waals surface area contributed by atoms with Crippen LogP contribution in [0.25, 0.3) is 0 Å². The van der Waals surface area contributed by atoms with E-state index in [9.17, 15) is 0 Å². The summed E-state index contributed by atoms with van der Waals surface area (Å²) in [6, 6.07) is 11.3. The van der Waals surface area contributed by atoms with Crippen molar-refractivity contribution in [2.75, 3.05) is 6.61 Å². The third kappa shape index (κ3) is 3.59. The molecule has 1 heterocycles. The highest BCUT2D eigenvalue weighted by Gasteiger charge is 2.00. The predicted molar refractivity (Wildman–Crippen MR) is 73.0 cm³/mol. The summed E-state index contributed by atoms with van der Waals surface area (Å²) in [6.07, 6.45) is 0.905. The number of rotatable bonds is 5. The maximum absolute atomic E-state index is 8.70. The Kier molecular flexibility index (Phi) is 4.19. The van der Waals surface area contributed by atoms with Gasteiger partial charge in [-0.1, -0.05) is 0 Å². The Hall–Kier alpha value is -2.28. The molecule has 0 aliphatic carbocycles. The molecule has 1 aromatic carbocycles. The summed E-state index contributed by atoms with van der Waals surface area (Å²) in [5, 5.41) is 13.1. The average molecular weight is 255 g/mol. The van der Waals surface area contributed by atoms with Crippen molar-refractivity contribution in [2.24, 2.45) is 0 Å². The van der Waals surface area contributed by atoms with Gasteiger partial charge in [0.1, 0.15) is 5.75 Å². The van der Waals surface area contributed by atoms with Gasteiger partial charge in [-0.25, -0.2) is 0 Å². The second kappa shape index (κ2) is 6.05. The Labute approximate surface area is 113 Å². The third-order valence-electron chi connectivity index (χ3n) is 2.87. The lowest BCUT2D eigenvalue weighted by Gasteiger charge is -2.07. The van der Waals surface area contributed by atoms with Gasteiger partial charge in [0.2, 0.25) is 0 Å². The smallest absolute Gasteiger partial charge is 0.119 e. The van der Waals surface area contributed by atoms with Crippen molar-refractivity contribution in [1.29, 1.82) is 5.26 Å². The van der Waals surface area contributed by atoms with Gasteiger partial charge in [0.15, 0.2) is 0 Å². The number of ether oxygens (including phenoxy) is 1. The Balaban J connectivity index is 1.77. The quantitative estimate of drug-likeness (QED) is 0.772. The minimum absolute atomic E-state index is 0.643. The lowest BCUT2D eigenvalue weighted by molar-refractivity contribution is 0.298. The highest BCUT2D eigenvalue weighted by atomic mass is 16.5. The largest absolute Gasteiger partial charge is 0.494 e. The summed E-state index contributed by atoms with van der Waals surface area (Å²) in [5.74, 6) is 0.798. The number of aromatic nitrogens is 2. The Bertz CT molecular complexity index is 578. The molecule has 4 nitrogen and oxygen atoms in total. The van der Waals surface area contributed by atoms with Gasteiger partial charge in [-0.2, -0.15) is 10.4 Å². The van der Waals surface area contributed by atoms with Gasteiger partial charge in [-0.05, 0) is 44.2 Å². The normalized spacial score (nSPS) is 10.2. The van der Waals surface area contributed by atoms with E-state index in [1.165, 1.54) is 5.69 Å². The molecule has 0 aliphatic rings. The summed E-state index contributed by atoms with van der Waals surface area (Å²) >= 11 is 0. The van der Waals surface area contributed by atoms with Crippen molar-refractivity contribution in [3.63, 3.8) is 0 Å². The van der Waals surface area contributed by atoms with E-state index in [0.717, 1.165) is 24.4 Å². The lowest BCUT2D eigenvalue weighted by atomic mass is 10.2. The van der Waals surface area contributed by atoms with Crippen LogP contribution in [0.5, 0.6) is 5.75 Å². The van der Waals surface area contributed by atoms with Gasteiger partial charge in [0, 0.05) is 18.7 Å². The molecule has 0 aliphatic heterocycles. The highest BCUT2D eigenvalue weighted by Crippen LogP contribution is 2.12. The number of nitrogens with zero attached hydrogens (tertiary/aromatic N) is 3. The van der Waals surface area contributed by atoms with E-state index in [-0.39, 0.29) is 0 Å². The zero-order valence-electron chi connectivity index (χ0n) is 11.3. The molecule has 0 fully saturated rings. The van der Waals surface area contributed by atoms with Crippen molar-refractivity contribution >= 4 is 0 Å². The molecular weight excluding hydrogens is 238 g/mol. The van der Waals surface area contributed by atoms with Crippen LogP contribution in [0.1, 0.15) is 23.4 Å². The summed E-state index contributed by atoms with van der Waals surface area (Å²) in [4.78, 5) is 0. The third-order valence-corrected chi connectivity index (χ3v) is 2.87. The lowest BCUT2D eigenvalue weighted by Crippen LogP contribution is -2.07. The first-order valence-electron chi connectivity index (χ1n) is 6.33. The van der Waals surface area contributed by atoms with E-state index >= 15 is 0 Å². The fraction of sp³-hybridized carbons (Fsp3) is 0.333. The number of nitriles is 1. The maximum Gasteiger partial charge on any atom is 0.119 e. The van der Waals surface area contributed by atoms with Gasteiger partial charge in [0.25, 0.3) is 0 Å². The van der Waals surface area contributed by atoms with Crippen LogP contribution in [-0.4, -0.2) is 16.4 Å². The van der Waals surface area contributed by atoms with Crippen LogP contribution < -0.4 is 4.74 Å². The minimum Gasteiger partial charge on any atom is -0.494 e. The van der Waals surface area contributed by atoms with Crippen molar-refractivity contribution in [3.05, 3.63) is 47.3 Å². The Morgan fingerprint density at radius 3 is 2.58 bits per heavy atom. The van der Waals surface area contributed by atoms with Crippen LogP contribution in [0.4, 0.5) is 0 Å². The molecule has 0 spiro atoms. The van der Waals surface area contributed by atoms with E-state index in [4.69, 9.17) is 10.00 Å². The van der Waals surface area contributed by atoms with Crippen molar-refractivity contribution in [3.8, 4) is 11.8 Å². The summed E-state index contributed by atoms with van der Waals surface area (Å²) in [7, 11) is 0. The molecule has 0 N–H and O–H groups in total. The predicted octanol–water partition coefficient (Wildman–Crippen LogP) is 2.84. The van der Waals surface area contributed by atoms with Crippen LogP contribution in [0.2, 0.25) is 0 Å². The molecule has 0 amide bonds. The number of hydrogen-bond donors (Lipinski definition) is 0.